The Morgan fingerprint density at radius 3 is 2.61 bits per heavy atom. The molecular formula is C19H15F2N3O3S. The van der Waals surface area contributed by atoms with Crippen molar-refractivity contribution >= 4 is 29.3 Å². The number of ether oxygens (including phenoxy) is 1. The zero-order chi connectivity index (χ0) is 20.1. The summed E-state index contributed by atoms with van der Waals surface area (Å²) in [6.07, 6.45) is 0. The number of carbonyl (C=O) groups excluding carboxylic acids is 2. The van der Waals surface area contributed by atoms with Crippen molar-refractivity contribution < 1.29 is 23.1 Å². The van der Waals surface area contributed by atoms with Gasteiger partial charge in [-0.2, -0.15) is 14.0 Å². The number of para-hydroxylation sites is 1. The van der Waals surface area contributed by atoms with E-state index in [1.807, 2.05) is 6.07 Å². The Morgan fingerprint density at radius 1 is 1.21 bits per heavy atom. The molecule has 1 N–H and O–H groups in total. The van der Waals surface area contributed by atoms with Crippen molar-refractivity contribution in [2.24, 2.45) is 0 Å². The minimum absolute atomic E-state index is 0.0264. The zero-order valence-corrected chi connectivity index (χ0v) is 15.3. The molecule has 0 saturated carbocycles. The number of alkyl halides is 2. The summed E-state index contributed by atoms with van der Waals surface area (Å²) >= 11 is 1.39. The van der Waals surface area contributed by atoms with Crippen molar-refractivity contribution in [3.63, 3.8) is 0 Å². The van der Waals surface area contributed by atoms with Crippen LogP contribution in [0.25, 0.3) is 0 Å². The summed E-state index contributed by atoms with van der Waals surface area (Å²) in [6, 6.07) is 13.3. The molecule has 0 aromatic heterocycles. The summed E-state index contributed by atoms with van der Waals surface area (Å²) in [5, 5.41) is 11.5. The molecule has 3 rings (SSSR count). The lowest BCUT2D eigenvalue weighted by Gasteiger charge is -2.24. The molecule has 1 fully saturated rings. The van der Waals surface area contributed by atoms with Gasteiger partial charge in [-0.1, -0.05) is 12.1 Å². The van der Waals surface area contributed by atoms with Crippen LogP contribution in [-0.4, -0.2) is 41.0 Å². The molecule has 1 heterocycles. The quantitative estimate of drug-likeness (QED) is 0.828. The minimum Gasteiger partial charge on any atom is -0.434 e. The molecule has 1 unspecified atom stereocenters. The van der Waals surface area contributed by atoms with Crippen molar-refractivity contribution in [3.05, 3.63) is 59.7 Å². The lowest BCUT2D eigenvalue weighted by molar-refractivity contribution is -0.119. The first-order valence-electron chi connectivity index (χ1n) is 8.23. The zero-order valence-electron chi connectivity index (χ0n) is 14.5. The first-order chi connectivity index (χ1) is 13.5. The van der Waals surface area contributed by atoms with E-state index in [9.17, 15) is 18.4 Å². The summed E-state index contributed by atoms with van der Waals surface area (Å²) in [4.78, 5) is 26.8. The fraction of sp³-hybridized carbons (Fsp3) is 0.211. The van der Waals surface area contributed by atoms with Crippen LogP contribution in [-0.2, 0) is 4.79 Å². The number of amides is 2. The largest absolute Gasteiger partial charge is 0.434 e. The number of halogens is 2. The van der Waals surface area contributed by atoms with Gasteiger partial charge in [0.15, 0.2) is 0 Å². The maximum absolute atomic E-state index is 12.9. The van der Waals surface area contributed by atoms with E-state index in [0.29, 0.717) is 17.0 Å². The van der Waals surface area contributed by atoms with Crippen LogP contribution in [0.1, 0.15) is 15.9 Å². The van der Waals surface area contributed by atoms with Crippen LogP contribution in [0.15, 0.2) is 48.5 Å². The van der Waals surface area contributed by atoms with Gasteiger partial charge in [0.2, 0.25) is 5.91 Å². The van der Waals surface area contributed by atoms with Crippen LogP contribution >= 0.6 is 11.8 Å². The predicted octanol–water partition coefficient (Wildman–Crippen LogP) is 3.31. The van der Waals surface area contributed by atoms with Crippen LogP contribution in [0.4, 0.5) is 14.5 Å². The van der Waals surface area contributed by atoms with Gasteiger partial charge in [0.05, 0.1) is 23.1 Å². The van der Waals surface area contributed by atoms with E-state index >= 15 is 0 Å². The molecule has 0 bridgehead atoms. The molecule has 1 saturated heterocycles. The number of hydrogen-bond donors (Lipinski definition) is 1. The smallest absolute Gasteiger partial charge is 0.387 e. The van der Waals surface area contributed by atoms with E-state index in [0.717, 1.165) is 0 Å². The van der Waals surface area contributed by atoms with Crippen LogP contribution in [0.2, 0.25) is 0 Å². The van der Waals surface area contributed by atoms with Gasteiger partial charge in [-0.15, -0.1) is 11.8 Å². The second-order valence-corrected chi connectivity index (χ2v) is 6.84. The summed E-state index contributed by atoms with van der Waals surface area (Å²) in [5.74, 6) is -0.541. The molecule has 2 aromatic rings. The molecule has 2 amide bonds. The first kappa shape index (κ1) is 19.6. The number of carbonyl (C=O) groups is 2. The van der Waals surface area contributed by atoms with Crippen LogP contribution in [0.5, 0.6) is 5.75 Å². The van der Waals surface area contributed by atoms with Crippen molar-refractivity contribution in [1.29, 1.82) is 5.26 Å². The molecule has 6 nitrogen and oxygen atoms in total. The third-order valence-corrected chi connectivity index (χ3v) is 5.07. The fourth-order valence-electron chi connectivity index (χ4n) is 2.71. The van der Waals surface area contributed by atoms with Crippen molar-refractivity contribution in [1.82, 2.24) is 4.90 Å². The summed E-state index contributed by atoms with van der Waals surface area (Å²) in [7, 11) is 0. The first-order valence-corrected chi connectivity index (χ1v) is 9.38. The molecule has 1 aliphatic rings. The Bertz CT molecular complexity index is 915. The van der Waals surface area contributed by atoms with E-state index in [4.69, 9.17) is 5.26 Å². The topological polar surface area (TPSA) is 82.4 Å². The highest BCUT2D eigenvalue weighted by Gasteiger charge is 2.36. The Balaban J connectivity index is 1.76. The van der Waals surface area contributed by atoms with Gasteiger partial charge in [0, 0.05) is 11.4 Å². The Morgan fingerprint density at radius 2 is 1.93 bits per heavy atom. The summed E-state index contributed by atoms with van der Waals surface area (Å²) < 4.78 is 29.6. The van der Waals surface area contributed by atoms with Crippen molar-refractivity contribution in [3.8, 4) is 11.8 Å². The molecule has 144 valence electrons. The van der Waals surface area contributed by atoms with Gasteiger partial charge in [0.1, 0.15) is 11.8 Å². The normalized spacial score (nSPS) is 15.9. The number of thioether (sulfide) groups is 1. The van der Waals surface area contributed by atoms with E-state index in [1.54, 1.807) is 30.3 Å². The van der Waals surface area contributed by atoms with E-state index < -0.39 is 24.5 Å². The number of rotatable bonds is 5. The number of nitriles is 1. The Hall–Kier alpha value is -3.12. The number of nitrogens with zero attached hydrogens (tertiary/aromatic N) is 2. The van der Waals surface area contributed by atoms with E-state index in [1.165, 1.54) is 34.9 Å². The lowest BCUT2D eigenvalue weighted by atomic mass is 10.1. The molecule has 0 radical (unpaired) electrons. The summed E-state index contributed by atoms with van der Waals surface area (Å²) in [6.45, 7) is -3.06. The molecule has 2 aromatic carbocycles. The molecule has 0 spiro atoms. The van der Waals surface area contributed by atoms with Gasteiger partial charge in [-0.3, -0.25) is 9.59 Å². The molecule has 9 heteroatoms. The maximum atomic E-state index is 12.9. The third-order valence-electron chi connectivity index (χ3n) is 4.06. The second kappa shape index (κ2) is 8.71. The van der Waals surface area contributed by atoms with Crippen molar-refractivity contribution in [2.75, 3.05) is 16.9 Å². The van der Waals surface area contributed by atoms with Gasteiger partial charge in [-0.25, -0.2) is 0 Å². The van der Waals surface area contributed by atoms with Gasteiger partial charge >= 0.3 is 6.61 Å². The number of anilines is 1. The Labute approximate surface area is 164 Å². The highest BCUT2D eigenvalue weighted by atomic mass is 32.2. The average molecular weight is 403 g/mol. The third kappa shape index (κ3) is 4.40. The second-order valence-electron chi connectivity index (χ2n) is 5.84. The number of hydrogen-bond acceptors (Lipinski definition) is 5. The molecule has 1 aliphatic heterocycles. The average Bonchev–Trinajstić information content (AvgIpc) is 3.18. The van der Waals surface area contributed by atoms with Crippen LogP contribution in [0, 0.1) is 11.3 Å². The molecule has 0 aliphatic carbocycles. The van der Waals surface area contributed by atoms with Crippen LogP contribution in [0.3, 0.4) is 0 Å². The lowest BCUT2D eigenvalue weighted by Crippen LogP contribution is -2.44. The molecular weight excluding hydrogens is 388 g/mol. The number of benzene rings is 2. The fourth-order valence-corrected chi connectivity index (χ4v) is 3.86. The highest BCUT2D eigenvalue weighted by Crippen LogP contribution is 2.28. The maximum Gasteiger partial charge on any atom is 0.387 e. The molecule has 1 atom stereocenters. The minimum atomic E-state index is -3.06. The monoisotopic (exact) mass is 403 g/mol. The summed E-state index contributed by atoms with van der Waals surface area (Å²) in [5.41, 5.74) is 0.929. The van der Waals surface area contributed by atoms with E-state index in [-0.39, 0.29) is 17.2 Å². The standard InChI is InChI=1S/C19H15F2N3O3S/c20-19(21)27-16-4-2-1-3-14(16)18(26)24-11-28-10-15(24)17(25)23-13-7-5-12(9-22)6-8-13/h1-8,15,19H,10-11H2,(H,23,25). The number of nitrogens with one attached hydrogen (secondary N) is 1. The van der Waals surface area contributed by atoms with Crippen LogP contribution < -0.4 is 10.1 Å². The van der Waals surface area contributed by atoms with Gasteiger partial charge in [0.25, 0.3) is 5.91 Å². The SMILES string of the molecule is N#Cc1ccc(NC(=O)C2CSCN2C(=O)c2ccccc2OC(F)F)cc1. The predicted molar refractivity (Wildman–Crippen MR) is 100 cm³/mol. The van der Waals surface area contributed by atoms with Crippen molar-refractivity contribution in [2.45, 2.75) is 12.7 Å². The van der Waals surface area contributed by atoms with Gasteiger partial charge < -0.3 is 15.0 Å². The van der Waals surface area contributed by atoms with E-state index in [2.05, 4.69) is 10.1 Å². The highest BCUT2D eigenvalue weighted by molar-refractivity contribution is 7.99. The molecule has 28 heavy (non-hydrogen) atoms. The van der Waals surface area contributed by atoms with Gasteiger partial charge in [-0.05, 0) is 36.4 Å². The Kier molecular flexibility index (Phi) is 6.11.